The Balaban J connectivity index is 2.10. The van der Waals surface area contributed by atoms with Crippen LogP contribution in [0.3, 0.4) is 0 Å². The number of carbonyl (C=O) groups excluding carboxylic acids is 4. The molecular formula is C29H31ClFNO7S. The molecule has 8 nitrogen and oxygen atoms in total. The normalized spacial score (nSPS) is 13.9. The Kier molecular flexibility index (Phi) is 11.7. The van der Waals surface area contributed by atoms with E-state index in [1.807, 2.05) is 6.92 Å². The molecule has 0 heterocycles. The van der Waals surface area contributed by atoms with Crippen molar-refractivity contribution in [2.24, 2.45) is 0 Å². The number of thioether (sulfide) groups is 1. The first-order valence-corrected chi connectivity index (χ1v) is 14.1. The largest absolute Gasteiger partial charge is 0.468 e. The average molecular weight is 592 g/mol. The van der Waals surface area contributed by atoms with E-state index in [0.29, 0.717) is 19.4 Å². The molecule has 2 aromatic rings. The van der Waals surface area contributed by atoms with Gasteiger partial charge in [0, 0.05) is 28.2 Å². The van der Waals surface area contributed by atoms with Gasteiger partial charge in [-0.1, -0.05) is 29.8 Å². The Morgan fingerprint density at radius 1 is 1.02 bits per heavy atom. The maximum Gasteiger partial charge on any atom is 0.334 e. The summed E-state index contributed by atoms with van der Waals surface area (Å²) in [6.45, 7) is 4.08. The van der Waals surface area contributed by atoms with Crippen LogP contribution >= 0.6 is 23.4 Å². The van der Waals surface area contributed by atoms with E-state index in [2.05, 4.69) is 0 Å². The zero-order valence-corrected chi connectivity index (χ0v) is 24.1. The quantitative estimate of drug-likeness (QED) is 0.141. The molecule has 0 bridgehead atoms. The fraction of sp³-hybridized carbons (Fsp3) is 0.379. The minimum atomic E-state index is -0.921. The van der Waals surface area contributed by atoms with E-state index in [0.717, 1.165) is 22.7 Å². The van der Waals surface area contributed by atoms with Gasteiger partial charge in [0.05, 0.1) is 24.4 Å². The van der Waals surface area contributed by atoms with Gasteiger partial charge in [-0.25, -0.2) is 14.1 Å². The highest BCUT2D eigenvalue weighted by Gasteiger charge is 2.34. The van der Waals surface area contributed by atoms with E-state index < -0.39 is 34.8 Å². The molecule has 3 rings (SSSR count). The highest BCUT2D eigenvalue weighted by molar-refractivity contribution is 8.00. The Morgan fingerprint density at radius 3 is 2.35 bits per heavy atom. The zero-order chi connectivity index (χ0) is 29.2. The van der Waals surface area contributed by atoms with Crippen molar-refractivity contribution >= 4 is 52.8 Å². The fourth-order valence-electron chi connectivity index (χ4n) is 4.13. The number of rotatable bonds is 11. The number of methoxy groups -OCH3 is 1. The lowest BCUT2D eigenvalue weighted by Crippen LogP contribution is -2.40. The number of nitrogens with zero attached hydrogens (tertiary/aromatic N) is 1. The second-order valence-electron chi connectivity index (χ2n) is 8.83. The van der Waals surface area contributed by atoms with Crippen LogP contribution in [0.1, 0.15) is 49.9 Å². The van der Waals surface area contributed by atoms with Crippen molar-refractivity contribution in [3.63, 3.8) is 0 Å². The maximum absolute atomic E-state index is 15.5. The molecule has 0 aromatic heterocycles. The molecule has 0 spiro atoms. The van der Waals surface area contributed by atoms with Gasteiger partial charge in [0.2, 0.25) is 0 Å². The fourth-order valence-corrected chi connectivity index (χ4v) is 5.34. The first kappa shape index (κ1) is 31.3. The van der Waals surface area contributed by atoms with E-state index in [1.165, 1.54) is 25.3 Å². The van der Waals surface area contributed by atoms with Crippen LogP contribution in [0.2, 0.25) is 5.02 Å². The highest BCUT2D eigenvalue weighted by atomic mass is 35.5. The number of hydrogen-bond acceptors (Lipinski definition) is 8. The number of carbonyl (C=O) groups is 4. The zero-order valence-electron chi connectivity index (χ0n) is 22.5. The van der Waals surface area contributed by atoms with E-state index >= 15 is 4.39 Å². The third-order valence-electron chi connectivity index (χ3n) is 6.14. The van der Waals surface area contributed by atoms with Crippen molar-refractivity contribution in [3.8, 4) is 0 Å². The summed E-state index contributed by atoms with van der Waals surface area (Å²) >= 11 is 7.27. The van der Waals surface area contributed by atoms with Crippen molar-refractivity contribution < 1.29 is 37.8 Å². The van der Waals surface area contributed by atoms with Crippen LogP contribution in [0, 0.1) is 5.82 Å². The first-order chi connectivity index (χ1) is 19.2. The van der Waals surface area contributed by atoms with Crippen LogP contribution in [-0.4, -0.2) is 55.9 Å². The summed E-state index contributed by atoms with van der Waals surface area (Å²) < 4.78 is 30.8. The van der Waals surface area contributed by atoms with Crippen LogP contribution in [0.25, 0.3) is 0 Å². The summed E-state index contributed by atoms with van der Waals surface area (Å²) in [4.78, 5) is 53.7. The second-order valence-corrected chi connectivity index (χ2v) is 10.6. The van der Waals surface area contributed by atoms with Gasteiger partial charge in [-0.2, -0.15) is 0 Å². The topological polar surface area (TPSA) is 99.2 Å². The molecule has 0 aliphatic heterocycles. The van der Waals surface area contributed by atoms with Gasteiger partial charge < -0.3 is 14.2 Å². The van der Waals surface area contributed by atoms with Crippen LogP contribution < -0.4 is 4.90 Å². The van der Waals surface area contributed by atoms with E-state index in [4.69, 9.17) is 25.8 Å². The van der Waals surface area contributed by atoms with Crippen molar-refractivity contribution in [2.75, 3.05) is 31.8 Å². The average Bonchev–Trinajstić information content (AvgIpc) is 2.97. The third kappa shape index (κ3) is 7.71. The Bertz CT molecular complexity index is 1280. The van der Waals surface area contributed by atoms with E-state index in [1.54, 1.807) is 25.1 Å². The summed E-state index contributed by atoms with van der Waals surface area (Å²) in [7, 11) is 1.24. The van der Waals surface area contributed by atoms with Gasteiger partial charge in [0.15, 0.2) is 0 Å². The summed E-state index contributed by atoms with van der Waals surface area (Å²) in [6.07, 6.45) is 1.75. The summed E-state index contributed by atoms with van der Waals surface area (Å²) in [6, 6.07) is 10.2. The molecule has 0 radical (unpaired) electrons. The van der Waals surface area contributed by atoms with Crippen LogP contribution in [0.5, 0.6) is 0 Å². The first-order valence-electron chi connectivity index (χ1n) is 12.8. The minimum Gasteiger partial charge on any atom is -0.468 e. The number of hydrogen-bond donors (Lipinski definition) is 0. The molecule has 2 amide bonds. The van der Waals surface area contributed by atoms with E-state index in [9.17, 15) is 19.2 Å². The Hall–Kier alpha value is -3.21. The summed E-state index contributed by atoms with van der Waals surface area (Å²) in [5.41, 5.74) is 0.0230. The van der Waals surface area contributed by atoms with Gasteiger partial charge in [0.1, 0.15) is 17.7 Å². The summed E-state index contributed by atoms with van der Waals surface area (Å²) in [5.74, 6) is -3.74. The highest BCUT2D eigenvalue weighted by Crippen LogP contribution is 2.38. The third-order valence-corrected chi connectivity index (χ3v) is 7.71. The number of halogens is 2. The molecule has 0 saturated heterocycles. The monoisotopic (exact) mass is 591 g/mol. The number of benzene rings is 2. The maximum atomic E-state index is 15.5. The van der Waals surface area contributed by atoms with Crippen molar-refractivity contribution in [3.05, 3.63) is 70.0 Å². The molecule has 1 aliphatic rings. The Labute approximate surface area is 241 Å². The van der Waals surface area contributed by atoms with Crippen LogP contribution in [0.4, 0.5) is 10.1 Å². The standard InChI is InChI=1S/C29H31ClFNO7S/c1-4-38-14-15-39-29(36)21-13-9-8-12-20(21)27(34)32(26(33)19-10-6-5-7-11-19)24-17-25(22(30)16-23(24)31)40-18(2)28(35)37-3/h5-7,10-11,16-18H,4,8-9,12-15H2,1-3H3. The van der Waals surface area contributed by atoms with Crippen molar-refractivity contribution in [2.45, 2.75) is 49.7 Å². The molecule has 0 saturated carbocycles. The molecule has 0 N–H and O–H groups in total. The number of esters is 2. The lowest BCUT2D eigenvalue weighted by molar-refractivity contribution is -0.141. The smallest absolute Gasteiger partial charge is 0.334 e. The lowest BCUT2D eigenvalue weighted by atomic mass is 9.90. The SMILES string of the molecule is CCOCCOC(=O)C1=C(C(=O)N(C(=O)c2ccccc2)c2cc(SC(C)C(=O)OC)c(Cl)cc2F)CCCC1. The summed E-state index contributed by atoms with van der Waals surface area (Å²) in [5, 5.41) is -0.703. The number of amides is 2. The predicted molar refractivity (Wildman–Crippen MR) is 150 cm³/mol. The lowest BCUT2D eigenvalue weighted by Gasteiger charge is -2.27. The second kappa shape index (κ2) is 15.0. The van der Waals surface area contributed by atoms with Gasteiger partial charge in [-0.3, -0.25) is 14.4 Å². The van der Waals surface area contributed by atoms with Crippen LogP contribution in [-0.2, 0) is 28.6 Å². The molecule has 2 aromatic carbocycles. The van der Waals surface area contributed by atoms with E-state index in [-0.39, 0.29) is 58.4 Å². The molecule has 0 fully saturated rings. The Morgan fingerprint density at radius 2 is 1.70 bits per heavy atom. The molecular weight excluding hydrogens is 561 g/mol. The van der Waals surface area contributed by atoms with Gasteiger partial charge in [-0.15, -0.1) is 11.8 Å². The number of anilines is 1. The van der Waals surface area contributed by atoms with Crippen LogP contribution in [0.15, 0.2) is 58.5 Å². The molecule has 1 unspecified atom stereocenters. The number of ether oxygens (including phenoxy) is 3. The molecule has 1 atom stereocenters. The predicted octanol–water partition coefficient (Wildman–Crippen LogP) is 5.76. The molecule has 1 aliphatic carbocycles. The van der Waals surface area contributed by atoms with Crippen molar-refractivity contribution in [1.82, 2.24) is 0 Å². The minimum absolute atomic E-state index is 0.00277. The van der Waals surface area contributed by atoms with Gasteiger partial charge in [-0.05, 0) is 63.8 Å². The van der Waals surface area contributed by atoms with Gasteiger partial charge >= 0.3 is 11.9 Å². The molecule has 214 valence electrons. The van der Waals surface area contributed by atoms with Gasteiger partial charge in [0.25, 0.3) is 11.8 Å². The molecule has 11 heteroatoms. The van der Waals surface area contributed by atoms with Crippen molar-refractivity contribution in [1.29, 1.82) is 0 Å². The number of imide groups is 1. The molecule has 40 heavy (non-hydrogen) atoms.